The van der Waals surface area contributed by atoms with Gasteiger partial charge in [-0.1, -0.05) is 29.8 Å². The number of urea groups is 1. The summed E-state index contributed by atoms with van der Waals surface area (Å²) < 4.78 is 0. The maximum absolute atomic E-state index is 13.2. The fraction of sp³-hybridized carbons (Fsp3) is 0.273. The first kappa shape index (κ1) is 20.9. The van der Waals surface area contributed by atoms with Crippen LogP contribution in [0.4, 0.5) is 4.79 Å². The molecular weight excluding hydrogens is 418 g/mol. The smallest absolute Gasteiger partial charge is 0.322 e. The summed E-state index contributed by atoms with van der Waals surface area (Å²) in [6, 6.07) is 9.82. The van der Waals surface area contributed by atoms with E-state index in [9.17, 15) is 14.4 Å². The van der Waals surface area contributed by atoms with Gasteiger partial charge in [0.2, 0.25) is 5.91 Å². The molecule has 4 amide bonds. The minimum atomic E-state index is -0.585. The lowest BCUT2D eigenvalue weighted by atomic mass is 9.95. The molecule has 9 heteroatoms. The molecule has 31 heavy (non-hydrogen) atoms. The number of likely N-dealkylation sites (N-methyl/N-ethyl adjacent to an activating group) is 1. The van der Waals surface area contributed by atoms with Crippen LogP contribution in [0.3, 0.4) is 0 Å². The van der Waals surface area contributed by atoms with Crippen LogP contribution < -0.4 is 10.6 Å². The topological polar surface area (TPSA) is 94.6 Å². The van der Waals surface area contributed by atoms with Crippen LogP contribution in [0.5, 0.6) is 0 Å². The number of nitrogens with zero attached hydrogens (tertiary/aromatic N) is 3. The summed E-state index contributed by atoms with van der Waals surface area (Å²) in [5.41, 5.74) is 2.76. The van der Waals surface area contributed by atoms with Crippen LogP contribution in [-0.4, -0.2) is 52.3 Å². The molecule has 1 aromatic heterocycles. The fourth-order valence-electron chi connectivity index (χ4n) is 3.85. The Morgan fingerprint density at radius 1 is 1.26 bits per heavy atom. The number of carbonyl (C=O) groups excluding carboxylic acids is 3. The zero-order chi connectivity index (χ0) is 22.0. The minimum Gasteiger partial charge on any atom is -0.350 e. The van der Waals surface area contributed by atoms with E-state index in [1.165, 1.54) is 4.90 Å². The third kappa shape index (κ3) is 4.25. The first-order valence-electron chi connectivity index (χ1n) is 9.99. The highest BCUT2D eigenvalue weighted by atomic mass is 35.5. The summed E-state index contributed by atoms with van der Waals surface area (Å²) >= 11 is 5.99. The van der Waals surface area contributed by atoms with Crippen molar-refractivity contribution < 1.29 is 14.4 Å². The van der Waals surface area contributed by atoms with Crippen LogP contribution >= 0.6 is 11.6 Å². The maximum atomic E-state index is 13.2. The van der Waals surface area contributed by atoms with E-state index in [2.05, 4.69) is 15.6 Å². The van der Waals surface area contributed by atoms with Crippen molar-refractivity contribution in [2.45, 2.75) is 19.5 Å². The molecule has 2 N–H and O–H groups in total. The SMILES string of the molecule is CCN1C(=O)NC(c2ccc(Cl)cc2)C2=C1CN(CC(=O)NCc1cccnc1)C2=O. The average Bonchev–Trinajstić information content (AvgIpc) is 3.09. The molecule has 3 heterocycles. The Morgan fingerprint density at radius 2 is 2.03 bits per heavy atom. The monoisotopic (exact) mass is 439 g/mol. The van der Waals surface area contributed by atoms with Gasteiger partial charge in [-0.05, 0) is 36.2 Å². The molecule has 1 aromatic carbocycles. The molecule has 8 nitrogen and oxygen atoms in total. The van der Waals surface area contributed by atoms with E-state index in [1.807, 2.05) is 13.0 Å². The van der Waals surface area contributed by atoms with Crippen molar-refractivity contribution in [1.29, 1.82) is 0 Å². The van der Waals surface area contributed by atoms with Gasteiger partial charge in [0.25, 0.3) is 5.91 Å². The number of hydrogen-bond acceptors (Lipinski definition) is 4. The molecule has 160 valence electrons. The lowest BCUT2D eigenvalue weighted by Gasteiger charge is -2.32. The van der Waals surface area contributed by atoms with Gasteiger partial charge >= 0.3 is 6.03 Å². The molecule has 0 saturated carbocycles. The molecule has 0 bridgehead atoms. The molecule has 0 fully saturated rings. The van der Waals surface area contributed by atoms with Crippen LogP contribution in [0.1, 0.15) is 24.1 Å². The van der Waals surface area contributed by atoms with Gasteiger partial charge in [0.15, 0.2) is 0 Å². The van der Waals surface area contributed by atoms with Crippen molar-refractivity contribution in [2.24, 2.45) is 0 Å². The number of aromatic nitrogens is 1. The fourth-order valence-corrected chi connectivity index (χ4v) is 3.97. The molecule has 2 aromatic rings. The zero-order valence-electron chi connectivity index (χ0n) is 17.0. The van der Waals surface area contributed by atoms with Gasteiger partial charge in [0.1, 0.15) is 6.54 Å². The van der Waals surface area contributed by atoms with Gasteiger partial charge in [-0.3, -0.25) is 19.5 Å². The van der Waals surface area contributed by atoms with Crippen molar-refractivity contribution in [1.82, 2.24) is 25.4 Å². The third-order valence-electron chi connectivity index (χ3n) is 5.36. The molecule has 0 radical (unpaired) electrons. The van der Waals surface area contributed by atoms with E-state index in [-0.39, 0.29) is 30.9 Å². The molecule has 2 aliphatic rings. The van der Waals surface area contributed by atoms with Gasteiger partial charge in [-0.25, -0.2) is 4.79 Å². The lowest BCUT2D eigenvalue weighted by Crippen LogP contribution is -2.47. The second kappa shape index (κ2) is 8.77. The van der Waals surface area contributed by atoms with Crippen LogP contribution in [0, 0.1) is 0 Å². The molecule has 1 atom stereocenters. The van der Waals surface area contributed by atoms with Crippen molar-refractivity contribution >= 4 is 29.4 Å². The number of amides is 4. The molecular formula is C22H22ClN5O3. The molecule has 0 aliphatic carbocycles. The third-order valence-corrected chi connectivity index (χ3v) is 5.62. The van der Waals surface area contributed by atoms with Crippen LogP contribution in [0.2, 0.25) is 5.02 Å². The summed E-state index contributed by atoms with van der Waals surface area (Å²) in [6.45, 7) is 2.72. The largest absolute Gasteiger partial charge is 0.350 e. The summed E-state index contributed by atoms with van der Waals surface area (Å²) in [6.07, 6.45) is 3.34. The van der Waals surface area contributed by atoms with Crippen molar-refractivity contribution in [3.05, 3.63) is 76.2 Å². The highest BCUT2D eigenvalue weighted by molar-refractivity contribution is 6.30. The standard InChI is InChI=1S/C22H22ClN5O3/c1-2-28-17-12-27(13-18(29)25-11-14-4-3-9-24-10-14)21(30)19(17)20(26-22(28)31)15-5-7-16(23)8-6-15/h3-10,20H,2,11-13H2,1H3,(H,25,29)(H,26,31). The van der Waals surface area contributed by atoms with Gasteiger partial charge in [0, 0.05) is 30.5 Å². The Morgan fingerprint density at radius 3 is 2.71 bits per heavy atom. The number of pyridine rings is 1. The predicted octanol–water partition coefficient (Wildman–Crippen LogP) is 2.23. The molecule has 1 unspecified atom stereocenters. The van der Waals surface area contributed by atoms with E-state index in [0.29, 0.717) is 29.4 Å². The second-order valence-electron chi connectivity index (χ2n) is 7.34. The minimum absolute atomic E-state index is 0.0921. The Hall–Kier alpha value is -3.39. The molecule has 0 spiro atoms. The normalized spacial score (nSPS) is 18.2. The number of hydrogen-bond donors (Lipinski definition) is 2. The van der Waals surface area contributed by atoms with E-state index >= 15 is 0 Å². The predicted molar refractivity (Wildman–Crippen MR) is 115 cm³/mol. The number of benzene rings is 1. The summed E-state index contributed by atoms with van der Waals surface area (Å²) in [5, 5.41) is 6.28. The Bertz CT molecular complexity index is 1040. The molecule has 0 saturated heterocycles. The Balaban J connectivity index is 1.51. The van der Waals surface area contributed by atoms with Gasteiger partial charge in [-0.15, -0.1) is 0 Å². The van der Waals surface area contributed by atoms with Gasteiger partial charge in [-0.2, -0.15) is 0 Å². The zero-order valence-corrected chi connectivity index (χ0v) is 17.7. The summed E-state index contributed by atoms with van der Waals surface area (Å²) in [4.78, 5) is 45.4. The van der Waals surface area contributed by atoms with E-state index in [1.54, 1.807) is 47.6 Å². The van der Waals surface area contributed by atoms with Crippen molar-refractivity contribution in [2.75, 3.05) is 19.6 Å². The lowest BCUT2D eigenvalue weighted by molar-refractivity contribution is -0.132. The van der Waals surface area contributed by atoms with Crippen LogP contribution in [0.15, 0.2) is 60.1 Å². The van der Waals surface area contributed by atoms with Crippen LogP contribution in [0.25, 0.3) is 0 Å². The van der Waals surface area contributed by atoms with Crippen LogP contribution in [-0.2, 0) is 16.1 Å². The van der Waals surface area contributed by atoms with Crippen molar-refractivity contribution in [3.8, 4) is 0 Å². The maximum Gasteiger partial charge on any atom is 0.322 e. The Labute approximate surface area is 184 Å². The number of nitrogens with one attached hydrogen (secondary N) is 2. The highest BCUT2D eigenvalue weighted by Gasteiger charge is 2.43. The average molecular weight is 440 g/mol. The first-order valence-corrected chi connectivity index (χ1v) is 10.4. The number of halogens is 1. The first-order chi connectivity index (χ1) is 15.0. The van der Waals surface area contributed by atoms with E-state index in [0.717, 1.165) is 11.1 Å². The Kier molecular flexibility index (Phi) is 5.90. The van der Waals surface area contributed by atoms with E-state index < -0.39 is 6.04 Å². The molecule has 4 rings (SSSR count). The summed E-state index contributed by atoms with van der Waals surface area (Å²) in [5.74, 6) is -0.535. The van der Waals surface area contributed by atoms with Crippen molar-refractivity contribution in [3.63, 3.8) is 0 Å². The quantitative estimate of drug-likeness (QED) is 0.721. The van der Waals surface area contributed by atoms with E-state index in [4.69, 9.17) is 11.6 Å². The molecule has 2 aliphatic heterocycles. The van der Waals surface area contributed by atoms with Gasteiger partial charge in [0.05, 0.1) is 23.9 Å². The van der Waals surface area contributed by atoms with Gasteiger partial charge < -0.3 is 15.5 Å². The summed E-state index contributed by atoms with van der Waals surface area (Å²) in [7, 11) is 0. The number of rotatable bonds is 6. The highest BCUT2D eigenvalue weighted by Crippen LogP contribution is 2.36. The second-order valence-corrected chi connectivity index (χ2v) is 7.77. The number of carbonyl (C=O) groups is 3.